The molecule has 1 saturated heterocycles. The molecular weight excluding hydrogens is 342 g/mol. The number of nitrogens with two attached hydrogens (primary N) is 1. The average molecular weight is 367 g/mol. The Labute approximate surface area is 150 Å². The minimum atomic E-state index is -0.669. The molecule has 144 valence electrons. The zero-order chi connectivity index (χ0) is 19.0. The van der Waals surface area contributed by atoms with E-state index in [1.807, 2.05) is 27.7 Å². The number of hydrogen-bond donors (Lipinski definition) is 3. The van der Waals surface area contributed by atoms with Crippen molar-refractivity contribution in [3.05, 3.63) is 16.7 Å². The van der Waals surface area contributed by atoms with Crippen LogP contribution in [0.4, 0.5) is 5.95 Å². The molecule has 1 aliphatic rings. The average Bonchev–Trinajstić information content (AvgIpc) is 3.09. The van der Waals surface area contributed by atoms with Gasteiger partial charge in [0, 0.05) is 0 Å². The van der Waals surface area contributed by atoms with E-state index in [2.05, 4.69) is 15.0 Å². The molecule has 2 aromatic rings. The molecule has 3 rings (SSSR count). The molecule has 0 amide bonds. The molecule has 1 unspecified atom stereocenters. The minimum Gasteiger partial charge on any atom is -0.394 e. The number of aliphatic hydroxyl groups excluding tert-OH is 1. The molecule has 0 spiro atoms. The van der Waals surface area contributed by atoms with Crippen LogP contribution in [-0.2, 0) is 14.2 Å². The van der Waals surface area contributed by atoms with Crippen molar-refractivity contribution in [2.45, 2.75) is 64.4 Å². The van der Waals surface area contributed by atoms with Gasteiger partial charge in [-0.25, -0.2) is 4.98 Å². The van der Waals surface area contributed by atoms with E-state index in [0.29, 0.717) is 0 Å². The fourth-order valence-corrected chi connectivity index (χ4v) is 3.15. The van der Waals surface area contributed by atoms with Crippen molar-refractivity contribution in [1.29, 1.82) is 0 Å². The van der Waals surface area contributed by atoms with Gasteiger partial charge in [0.15, 0.2) is 17.4 Å². The summed E-state index contributed by atoms with van der Waals surface area (Å²) in [4.78, 5) is 22.7. The molecule has 3 heterocycles. The molecule has 4 N–H and O–H groups in total. The van der Waals surface area contributed by atoms with Gasteiger partial charge >= 0.3 is 0 Å². The van der Waals surface area contributed by atoms with Crippen LogP contribution in [0.2, 0.25) is 0 Å². The van der Waals surface area contributed by atoms with Gasteiger partial charge in [0.1, 0.15) is 18.3 Å². The van der Waals surface area contributed by atoms with E-state index in [4.69, 9.17) is 19.9 Å². The van der Waals surface area contributed by atoms with E-state index in [1.54, 1.807) is 4.57 Å². The van der Waals surface area contributed by atoms with E-state index in [0.717, 1.165) is 0 Å². The molecule has 4 atom stereocenters. The van der Waals surface area contributed by atoms with Crippen LogP contribution in [0, 0.1) is 0 Å². The SMILES string of the molecule is CC(C)OC1[C@@H](OC(C)C)[C@@H](CO)O[C@H]1n1cnc2c(=O)[nH]c(N)nc21. The summed E-state index contributed by atoms with van der Waals surface area (Å²) in [5, 5.41) is 9.74. The first kappa shape index (κ1) is 18.8. The van der Waals surface area contributed by atoms with Crippen LogP contribution in [0.3, 0.4) is 0 Å². The Balaban J connectivity index is 2.05. The molecule has 1 aliphatic heterocycles. The predicted molar refractivity (Wildman–Crippen MR) is 93.6 cm³/mol. The van der Waals surface area contributed by atoms with Crippen molar-refractivity contribution >= 4 is 17.1 Å². The van der Waals surface area contributed by atoms with Crippen LogP contribution in [0.15, 0.2) is 11.1 Å². The maximum atomic E-state index is 12.0. The number of H-pyrrole nitrogens is 1. The number of ether oxygens (including phenoxy) is 3. The molecular formula is C16H25N5O5. The quantitative estimate of drug-likeness (QED) is 0.657. The van der Waals surface area contributed by atoms with E-state index >= 15 is 0 Å². The summed E-state index contributed by atoms with van der Waals surface area (Å²) >= 11 is 0. The number of aromatic nitrogens is 4. The fourth-order valence-electron chi connectivity index (χ4n) is 3.15. The molecule has 2 aromatic heterocycles. The number of aliphatic hydroxyl groups is 1. The van der Waals surface area contributed by atoms with Gasteiger partial charge in [0.25, 0.3) is 5.56 Å². The first-order valence-corrected chi connectivity index (χ1v) is 8.61. The number of anilines is 1. The maximum absolute atomic E-state index is 12.0. The van der Waals surface area contributed by atoms with Gasteiger partial charge in [-0.2, -0.15) is 4.98 Å². The minimum absolute atomic E-state index is 0.0164. The number of fused-ring (bicyclic) bond motifs is 1. The van der Waals surface area contributed by atoms with Gasteiger partial charge in [-0.15, -0.1) is 0 Å². The first-order valence-electron chi connectivity index (χ1n) is 8.61. The highest BCUT2D eigenvalue weighted by atomic mass is 16.6. The third-order valence-electron chi connectivity index (χ3n) is 4.05. The van der Waals surface area contributed by atoms with Gasteiger partial charge < -0.3 is 25.1 Å². The second kappa shape index (κ2) is 7.31. The molecule has 10 heteroatoms. The Kier molecular flexibility index (Phi) is 5.28. The molecule has 0 saturated carbocycles. The Morgan fingerprint density at radius 2 is 1.96 bits per heavy atom. The summed E-state index contributed by atoms with van der Waals surface area (Å²) in [7, 11) is 0. The number of aromatic amines is 1. The number of nitrogens with zero attached hydrogens (tertiary/aromatic N) is 3. The molecule has 1 fully saturated rings. The summed E-state index contributed by atoms with van der Waals surface area (Å²) in [6, 6.07) is 0. The van der Waals surface area contributed by atoms with Crippen molar-refractivity contribution in [3.63, 3.8) is 0 Å². The highest BCUT2D eigenvalue weighted by Gasteiger charge is 2.48. The second-order valence-corrected chi connectivity index (χ2v) is 6.82. The number of hydrogen-bond acceptors (Lipinski definition) is 8. The Morgan fingerprint density at radius 1 is 1.31 bits per heavy atom. The smallest absolute Gasteiger partial charge is 0.280 e. The molecule has 0 bridgehead atoms. The lowest BCUT2D eigenvalue weighted by Crippen LogP contribution is -2.40. The van der Waals surface area contributed by atoms with Crippen LogP contribution in [-0.4, -0.2) is 61.8 Å². The largest absolute Gasteiger partial charge is 0.394 e. The van der Waals surface area contributed by atoms with Gasteiger partial charge in [0.2, 0.25) is 5.95 Å². The van der Waals surface area contributed by atoms with Crippen LogP contribution < -0.4 is 11.3 Å². The lowest BCUT2D eigenvalue weighted by atomic mass is 10.1. The van der Waals surface area contributed by atoms with Crippen molar-refractivity contribution in [2.24, 2.45) is 0 Å². The normalized spacial score (nSPS) is 26.4. The summed E-state index contributed by atoms with van der Waals surface area (Å²) in [6.07, 6.45) is -0.970. The van der Waals surface area contributed by atoms with Crippen molar-refractivity contribution in [2.75, 3.05) is 12.3 Å². The Hall–Kier alpha value is -2.01. The first-order chi connectivity index (χ1) is 12.3. The third-order valence-corrected chi connectivity index (χ3v) is 4.05. The summed E-state index contributed by atoms with van der Waals surface area (Å²) < 4.78 is 19.6. The Bertz CT molecular complexity index is 817. The van der Waals surface area contributed by atoms with Crippen LogP contribution >= 0.6 is 0 Å². The van der Waals surface area contributed by atoms with Crippen molar-refractivity contribution in [3.8, 4) is 0 Å². The van der Waals surface area contributed by atoms with E-state index in [9.17, 15) is 9.90 Å². The summed E-state index contributed by atoms with van der Waals surface area (Å²) in [6.45, 7) is 7.39. The second-order valence-electron chi connectivity index (χ2n) is 6.82. The van der Waals surface area contributed by atoms with Gasteiger partial charge in [-0.1, -0.05) is 0 Å². The fraction of sp³-hybridized carbons (Fsp3) is 0.688. The molecule has 26 heavy (non-hydrogen) atoms. The molecule has 0 aliphatic carbocycles. The zero-order valence-electron chi connectivity index (χ0n) is 15.2. The van der Waals surface area contributed by atoms with Crippen molar-refractivity contribution < 1.29 is 19.3 Å². The summed E-state index contributed by atoms with van der Waals surface area (Å²) in [5.41, 5.74) is 5.68. The number of imidazole rings is 1. The molecule has 0 aromatic carbocycles. The van der Waals surface area contributed by atoms with E-state index in [1.165, 1.54) is 6.33 Å². The standard InChI is InChI=1S/C16H25N5O5/c1-7(2)24-11-9(5-22)26-15(12(11)25-8(3)4)21-6-18-10-13(21)19-16(17)20-14(10)23/h6-9,11-12,15,22H,5H2,1-4H3,(H3,17,19,20,23)/t9-,11+,12?,15-/m1/s1. The third kappa shape index (κ3) is 3.45. The number of nitrogens with one attached hydrogen (secondary N) is 1. The predicted octanol–water partition coefficient (Wildman–Crippen LogP) is 0.179. The van der Waals surface area contributed by atoms with Crippen LogP contribution in [0.1, 0.15) is 33.9 Å². The molecule has 0 radical (unpaired) electrons. The van der Waals surface area contributed by atoms with Crippen LogP contribution in [0.25, 0.3) is 11.2 Å². The lowest BCUT2D eigenvalue weighted by molar-refractivity contribution is -0.113. The van der Waals surface area contributed by atoms with E-state index < -0.39 is 30.1 Å². The lowest BCUT2D eigenvalue weighted by Gasteiger charge is -2.28. The summed E-state index contributed by atoms with van der Waals surface area (Å²) in [5.74, 6) is -0.0164. The number of rotatable bonds is 6. The van der Waals surface area contributed by atoms with Gasteiger partial charge in [0.05, 0.1) is 25.1 Å². The van der Waals surface area contributed by atoms with E-state index in [-0.39, 0.29) is 35.9 Å². The van der Waals surface area contributed by atoms with Gasteiger partial charge in [-0.3, -0.25) is 14.3 Å². The highest BCUT2D eigenvalue weighted by molar-refractivity contribution is 5.70. The highest BCUT2D eigenvalue weighted by Crippen LogP contribution is 2.36. The van der Waals surface area contributed by atoms with Crippen molar-refractivity contribution in [1.82, 2.24) is 19.5 Å². The van der Waals surface area contributed by atoms with Gasteiger partial charge in [-0.05, 0) is 27.7 Å². The van der Waals surface area contributed by atoms with Crippen LogP contribution in [0.5, 0.6) is 0 Å². The Morgan fingerprint density at radius 3 is 2.58 bits per heavy atom. The molecule has 10 nitrogen and oxygen atoms in total. The monoisotopic (exact) mass is 367 g/mol. The number of nitrogen functional groups attached to an aromatic ring is 1. The zero-order valence-corrected chi connectivity index (χ0v) is 15.2. The maximum Gasteiger partial charge on any atom is 0.280 e. The topological polar surface area (TPSA) is 138 Å².